The normalized spacial score (nSPS) is 15.9. The third-order valence-electron chi connectivity index (χ3n) is 5.02. The van der Waals surface area contributed by atoms with Crippen LogP contribution in [0.3, 0.4) is 0 Å². The second-order valence-corrected chi connectivity index (χ2v) is 7.15. The molecule has 0 spiro atoms. The number of benzene rings is 2. The van der Waals surface area contributed by atoms with Crippen LogP contribution in [0.2, 0.25) is 0 Å². The van der Waals surface area contributed by atoms with Gasteiger partial charge in [0.1, 0.15) is 11.6 Å². The van der Waals surface area contributed by atoms with Crippen LogP contribution in [0.25, 0.3) is 0 Å². The minimum Gasteiger partial charge on any atom is -0.367 e. The highest BCUT2D eigenvalue weighted by molar-refractivity contribution is 14.0. The molecule has 168 valence electrons. The Bertz CT molecular complexity index is 907. The number of halogens is 3. The smallest absolute Gasteiger partial charge is 0.251 e. The molecule has 0 bridgehead atoms. The first-order chi connectivity index (χ1) is 14.5. The van der Waals surface area contributed by atoms with Crippen LogP contribution in [0, 0.1) is 11.6 Å². The molecule has 1 fully saturated rings. The SMILES string of the molecule is CCNC(=O)c1ccc(CNC(=NC)NC2CCN(c3ccc(F)cc3F)C2)cc1.I. The van der Waals surface area contributed by atoms with Gasteiger partial charge in [-0.15, -0.1) is 24.0 Å². The van der Waals surface area contributed by atoms with Gasteiger partial charge in [-0.05, 0) is 43.2 Å². The van der Waals surface area contributed by atoms with E-state index in [-0.39, 0.29) is 35.9 Å². The highest BCUT2D eigenvalue weighted by atomic mass is 127. The van der Waals surface area contributed by atoms with Crippen LogP contribution in [-0.2, 0) is 6.54 Å². The van der Waals surface area contributed by atoms with Crippen LogP contribution in [-0.4, -0.2) is 44.6 Å². The summed E-state index contributed by atoms with van der Waals surface area (Å²) in [6.45, 7) is 4.31. The first-order valence-electron chi connectivity index (χ1n) is 10.0. The van der Waals surface area contributed by atoms with Gasteiger partial charge in [-0.2, -0.15) is 0 Å². The van der Waals surface area contributed by atoms with Gasteiger partial charge in [0.05, 0.1) is 5.69 Å². The third kappa shape index (κ3) is 6.78. The Labute approximate surface area is 198 Å². The molecule has 1 aliphatic heterocycles. The quantitative estimate of drug-likeness (QED) is 0.298. The van der Waals surface area contributed by atoms with Gasteiger partial charge < -0.3 is 20.9 Å². The van der Waals surface area contributed by atoms with Gasteiger partial charge in [0.15, 0.2) is 5.96 Å². The van der Waals surface area contributed by atoms with Crippen LogP contribution in [0.15, 0.2) is 47.5 Å². The number of carbonyl (C=O) groups excluding carboxylic acids is 1. The number of nitrogens with zero attached hydrogens (tertiary/aromatic N) is 2. The van der Waals surface area contributed by atoms with Crippen molar-refractivity contribution in [1.29, 1.82) is 0 Å². The predicted molar refractivity (Wildman–Crippen MR) is 130 cm³/mol. The molecule has 9 heteroatoms. The summed E-state index contributed by atoms with van der Waals surface area (Å²) in [7, 11) is 1.69. The zero-order valence-corrected chi connectivity index (χ0v) is 20.0. The van der Waals surface area contributed by atoms with Gasteiger partial charge in [-0.3, -0.25) is 9.79 Å². The summed E-state index contributed by atoms with van der Waals surface area (Å²) in [6, 6.07) is 11.2. The van der Waals surface area contributed by atoms with Crippen LogP contribution in [0.1, 0.15) is 29.3 Å². The number of aliphatic imine (C=N–C) groups is 1. The zero-order valence-electron chi connectivity index (χ0n) is 17.6. The molecule has 1 saturated heterocycles. The molecule has 1 atom stereocenters. The summed E-state index contributed by atoms with van der Waals surface area (Å²) in [5.74, 6) is -0.560. The molecule has 1 amide bonds. The molecule has 0 radical (unpaired) electrons. The van der Waals surface area contributed by atoms with Crippen LogP contribution >= 0.6 is 24.0 Å². The number of anilines is 1. The average molecular weight is 543 g/mol. The van der Waals surface area contributed by atoms with Crippen molar-refractivity contribution in [2.75, 3.05) is 31.6 Å². The second kappa shape index (κ2) is 11.8. The third-order valence-corrected chi connectivity index (χ3v) is 5.02. The highest BCUT2D eigenvalue weighted by Crippen LogP contribution is 2.24. The zero-order chi connectivity index (χ0) is 21.5. The van der Waals surface area contributed by atoms with E-state index in [0.29, 0.717) is 43.4 Å². The van der Waals surface area contributed by atoms with E-state index in [9.17, 15) is 13.6 Å². The predicted octanol–water partition coefficient (Wildman–Crippen LogP) is 3.28. The van der Waals surface area contributed by atoms with Crippen molar-refractivity contribution in [3.63, 3.8) is 0 Å². The van der Waals surface area contributed by atoms with Gasteiger partial charge in [0, 0.05) is 50.9 Å². The van der Waals surface area contributed by atoms with E-state index in [0.717, 1.165) is 18.1 Å². The Morgan fingerprint density at radius 1 is 1.16 bits per heavy atom. The van der Waals surface area contributed by atoms with Crippen LogP contribution in [0.4, 0.5) is 14.5 Å². The van der Waals surface area contributed by atoms with Crippen LogP contribution in [0.5, 0.6) is 0 Å². The lowest BCUT2D eigenvalue weighted by molar-refractivity contribution is 0.0956. The largest absolute Gasteiger partial charge is 0.367 e. The van der Waals surface area contributed by atoms with Gasteiger partial charge >= 0.3 is 0 Å². The average Bonchev–Trinajstić information content (AvgIpc) is 3.19. The topological polar surface area (TPSA) is 68.8 Å². The lowest BCUT2D eigenvalue weighted by atomic mass is 10.1. The molecule has 2 aromatic carbocycles. The van der Waals surface area contributed by atoms with Crippen LogP contribution < -0.4 is 20.9 Å². The Morgan fingerprint density at radius 2 is 1.90 bits per heavy atom. The number of carbonyl (C=O) groups is 1. The van der Waals surface area contributed by atoms with E-state index in [1.165, 1.54) is 12.1 Å². The lowest BCUT2D eigenvalue weighted by Crippen LogP contribution is -2.44. The summed E-state index contributed by atoms with van der Waals surface area (Å²) in [5.41, 5.74) is 2.06. The van der Waals surface area contributed by atoms with E-state index in [1.54, 1.807) is 19.2 Å². The van der Waals surface area contributed by atoms with Gasteiger partial charge in [0.2, 0.25) is 0 Å². The van der Waals surface area contributed by atoms with E-state index >= 15 is 0 Å². The van der Waals surface area contributed by atoms with Crippen molar-refractivity contribution in [1.82, 2.24) is 16.0 Å². The molecule has 31 heavy (non-hydrogen) atoms. The van der Waals surface area contributed by atoms with Crippen molar-refractivity contribution in [2.24, 2.45) is 4.99 Å². The summed E-state index contributed by atoms with van der Waals surface area (Å²) in [4.78, 5) is 18.0. The molecule has 3 N–H and O–H groups in total. The molecular formula is C22H28F2IN5O. The molecule has 1 unspecified atom stereocenters. The first kappa shape index (κ1) is 24.8. The molecule has 0 saturated carbocycles. The fourth-order valence-corrected chi connectivity index (χ4v) is 3.44. The molecule has 6 nitrogen and oxygen atoms in total. The fourth-order valence-electron chi connectivity index (χ4n) is 3.44. The monoisotopic (exact) mass is 543 g/mol. The van der Waals surface area contributed by atoms with Gasteiger partial charge in [0.25, 0.3) is 5.91 Å². The molecule has 3 rings (SSSR count). The second-order valence-electron chi connectivity index (χ2n) is 7.15. The maximum Gasteiger partial charge on any atom is 0.251 e. The molecule has 0 aromatic heterocycles. The van der Waals surface area contributed by atoms with Crippen molar-refractivity contribution >= 4 is 41.5 Å². The lowest BCUT2D eigenvalue weighted by Gasteiger charge is -2.21. The van der Waals surface area contributed by atoms with Gasteiger partial charge in [-0.25, -0.2) is 8.78 Å². The minimum atomic E-state index is -0.575. The number of rotatable bonds is 6. The number of amides is 1. The fraction of sp³-hybridized carbons (Fsp3) is 0.364. The number of nitrogens with one attached hydrogen (secondary N) is 3. The first-order valence-corrected chi connectivity index (χ1v) is 10.0. The van der Waals surface area contributed by atoms with E-state index < -0.39 is 11.6 Å². The molecule has 2 aromatic rings. The van der Waals surface area contributed by atoms with Crippen molar-refractivity contribution in [3.8, 4) is 0 Å². The maximum absolute atomic E-state index is 14.0. The van der Waals surface area contributed by atoms with Crippen molar-refractivity contribution < 1.29 is 13.6 Å². The summed E-state index contributed by atoms with van der Waals surface area (Å²) in [5, 5.41) is 9.38. The van der Waals surface area contributed by atoms with Gasteiger partial charge in [-0.1, -0.05) is 12.1 Å². The summed E-state index contributed by atoms with van der Waals surface area (Å²) >= 11 is 0. The molecule has 0 aliphatic carbocycles. The molecule has 1 heterocycles. The maximum atomic E-state index is 14.0. The van der Waals surface area contributed by atoms with E-state index in [2.05, 4.69) is 20.9 Å². The van der Waals surface area contributed by atoms with Crippen molar-refractivity contribution in [3.05, 3.63) is 65.2 Å². The van der Waals surface area contributed by atoms with E-state index in [4.69, 9.17) is 0 Å². The Hall–Kier alpha value is -2.43. The standard InChI is InChI=1S/C22H27F2N5O.HI/c1-3-26-21(30)16-6-4-15(5-7-16)13-27-22(25-2)28-18-10-11-29(14-18)20-9-8-17(23)12-19(20)24;/h4-9,12,18H,3,10-11,13-14H2,1-2H3,(H,26,30)(H2,25,27,28);1H. The summed E-state index contributed by atoms with van der Waals surface area (Å²) < 4.78 is 27.2. The Kier molecular flexibility index (Phi) is 9.47. The molecular weight excluding hydrogens is 515 g/mol. The summed E-state index contributed by atoms with van der Waals surface area (Å²) in [6.07, 6.45) is 0.818. The highest BCUT2D eigenvalue weighted by Gasteiger charge is 2.25. The van der Waals surface area contributed by atoms with E-state index in [1.807, 2.05) is 24.0 Å². The molecule has 1 aliphatic rings. The minimum absolute atomic E-state index is 0. The van der Waals surface area contributed by atoms with Crippen molar-refractivity contribution in [2.45, 2.75) is 25.9 Å². The Balaban J connectivity index is 0.00000341. The number of hydrogen-bond acceptors (Lipinski definition) is 3. The number of hydrogen-bond donors (Lipinski definition) is 3. The number of guanidine groups is 1. The Morgan fingerprint density at radius 3 is 2.55 bits per heavy atom.